The fourth-order valence-corrected chi connectivity index (χ4v) is 8.89. The van der Waals surface area contributed by atoms with E-state index in [0.29, 0.717) is 28.9 Å². The summed E-state index contributed by atoms with van der Waals surface area (Å²) < 4.78 is 26.5. The monoisotopic (exact) mass is 772 g/mol. The van der Waals surface area contributed by atoms with Crippen LogP contribution < -0.4 is 11.2 Å². The van der Waals surface area contributed by atoms with Gasteiger partial charge in [0.15, 0.2) is 11.4 Å². The van der Waals surface area contributed by atoms with Crippen LogP contribution in [0.3, 0.4) is 0 Å². The van der Waals surface area contributed by atoms with Gasteiger partial charge in [-0.3, -0.25) is 20.2 Å². The standard InChI is InChI=1S/C18H18ClFN4O.C10H7ClFN.C9H15N3O.ClH/c19-14-5-11-7-16(21-9-12(11)6-15(14)20)22-17-8-18(25-23-17)10-24-3-1-13(18)2-4-24;1-6-2-7-3-9(11)10(12)4-8(7)5-13-6;10-8-5-9(13-11-8)6-12-3-1-7(9)2-4-12;/h5-7,9,13H,1-4,8,10H2,(H,21,22,23);2-5H,1H3;7H,1-6H2,(H2,10,11);1H/t18-;;9-;/m0.0./s1. The minimum Gasteiger partial charge on any atom is -0.386 e. The summed E-state index contributed by atoms with van der Waals surface area (Å²) in [5.41, 5.74) is 9.40. The first kappa shape index (κ1) is 36.9. The topological polar surface area (TPSA) is 113 Å². The number of nitrogens with zero attached hydrogens (tertiary/aromatic N) is 6. The molecule has 2 aromatic heterocycles. The molecule has 2 aromatic carbocycles. The van der Waals surface area contributed by atoms with Crippen molar-refractivity contribution in [2.24, 2.45) is 27.7 Å². The fourth-order valence-electron chi connectivity index (χ4n) is 8.54. The molecule has 0 radical (unpaired) electrons. The van der Waals surface area contributed by atoms with E-state index in [1.54, 1.807) is 24.5 Å². The SMILES string of the molecule is Cc1cc2cc(Cl)c(F)cc2cn1.Cl.Fc1cc2cnc(N=C3C[C@@]4(CN5CCC4CC5)ON3)cc2cc1Cl.NC1=NO[C@@]2(C1)CN1CCC2CC1. The first-order valence-electron chi connectivity index (χ1n) is 17.5. The molecule has 8 aliphatic heterocycles. The lowest BCUT2D eigenvalue weighted by Gasteiger charge is -2.49. The van der Waals surface area contributed by atoms with Crippen molar-refractivity contribution in [3.63, 3.8) is 0 Å². The van der Waals surface area contributed by atoms with Gasteiger partial charge in [0.2, 0.25) is 0 Å². The van der Waals surface area contributed by atoms with E-state index in [0.717, 1.165) is 53.6 Å². The normalized spacial score (nSPS) is 30.3. The van der Waals surface area contributed by atoms with Crippen LogP contribution in [-0.4, -0.2) is 81.9 Å². The summed E-state index contributed by atoms with van der Waals surface area (Å²) in [7, 11) is 0. The van der Waals surface area contributed by atoms with Crippen molar-refractivity contribution in [2.75, 3.05) is 39.3 Å². The zero-order chi connectivity index (χ0) is 35.3. The Balaban J connectivity index is 0.000000132. The Kier molecular flexibility index (Phi) is 10.5. The van der Waals surface area contributed by atoms with E-state index in [-0.39, 0.29) is 33.7 Å². The number of nitrogens with one attached hydrogen (secondary N) is 1. The van der Waals surface area contributed by atoms with E-state index in [9.17, 15) is 8.78 Å². The van der Waals surface area contributed by atoms with Crippen LogP contribution in [0, 0.1) is 30.4 Å². The third-order valence-electron chi connectivity index (χ3n) is 11.2. The maximum Gasteiger partial charge on any atom is 0.160 e. The van der Waals surface area contributed by atoms with E-state index in [4.69, 9.17) is 38.6 Å². The molecule has 7 saturated heterocycles. The number of halogens is 5. The number of fused-ring (bicyclic) bond motifs is 6. The molecule has 12 rings (SSSR count). The van der Waals surface area contributed by atoms with Crippen molar-refractivity contribution in [2.45, 2.75) is 56.7 Å². The van der Waals surface area contributed by atoms with Crippen molar-refractivity contribution < 1.29 is 18.5 Å². The lowest BCUT2D eigenvalue weighted by molar-refractivity contribution is -0.150. The molecule has 3 N–H and O–H groups in total. The number of piperidine rings is 6. The number of aryl methyl sites for hydroxylation is 1. The highest BCUT2D eigenvalue weighted by Crippen LogP contribution is 2.44. The average molecular weight is 774 g/mol. The Labute approximate surface area is 317 Å². The third kappa shape index (κ3) is 7.38. The lowest BCUT2D eigenvalue weighted by atomic mass is 9.74. The maximum atomic E-state index is 13.5. The number of rotatable bonds is 1. The van der Waals surface area contributed by atoms with Crippen molar-refractivity contribution in [3.8, 4) is 0 Å². The summed E-state index contributed by atoms with van der Waals surface area (Å²) >= 11 is 11.5. The number of aliphatic imine (C=N–C) groups is 1. The molecule has 10 heterocycles. The van der Waals surface area contributed by atoms with Gasteiger partial charge in [0.25, 0.3) is 0 Å². The van der Waals surface area contributed by atoms with Gasteiger partial charge in [-0.2, -0.15) is 0 Å². The van der Waals surface area contributed by atoms with Gasteiger partial charge < -0.3 is 15.5 Å². The van der Waals surface area contributed by atoms with E-state index < -0.39 is 11.6 Å². The molecule has 0 aliphatic carbocycles. The predicted octanol–water partition coefficient (Wildman–Crippen LogP) is 7.35. The van der Waals surface area contributed by atoms with E-state index in [1.807, 2.05) is 19.1 Å². The Morgan fingerprint density at radius 3 is 1.88 bits per heavy atom. The molecule has 4 bridgehead atoms. The molecule has 52 heavy (non-hydrogen) atoms. The Bertz CT molecular complexity index is 2040. The van der Waals surface area contributed by atoms with Gasteiger partial charge in [0.1, 0.15) is 28.9 Å². The van der Waals surface area contributed by atoms with Crippen LogP contribution in [-0.2, 0) is 9.68 Å². The summed E-state index contributed by atoms with van der Waals surface area (Å²) in [4.78, 5) is 29.5. The summed E-state index contributed by atoms with van der Waals surface area (Å²) in [6, 6.07) is 9.69. The number of hydroxylamine groups is 1. The minimum atomic E-state index is -0.440. The van der Waals surface area contributed by atoms with Gasteiger partial charge >= 0.3 is 0 Å². The first-order chi connectivity index (χ1) is 24.6. The number of pyridine rings is 2. The molecule has 0 amide bonds. The molecule has 0 saturated carbocycles. The third-order valence-corrected chi connectivity index (χ3v) is 11.8. The van der Waals surface area contributed by atoms with Gasteiger partial charge in [-0.15, -0.1) is 12.4 Å². The van der Waals surface area contributed by atoms with Crippen LogP contribution in [0.1, 0.15) is 44.2 Å². The number of amidine groups is 2. The number of oxime groups is 1. The fraction of sp³-hybridized carbons (Fsp3) is 0.459. The van der Waals surface area contributed by atoms with Crippen LogP contribution in [0.4, 0.5) is 14.6 Å². The molecule has 7 fully saturated rings. The van der Waals surface area contributed by atoms with Crippen LogP contribution in [0.2, 0.25) is 10.0 Å². The van der Waals surface area contributed by atoms with E-state index in [1.165, 1.54) is 64.0 Å². The lowest BCUT2D eigenvalue weighted by Crippen LogP contribution is -2.59. The maximum absolute atomic E-state index is 13.5. The summed E-state index contributed by atoms with van der Waals surface area (Å²) in [6.45, 7) is 8.69. The molecule has 0 unspecified atom stereocenters. The second-order valence-corrected chi connectivity index (χ2v) is 15.4. The Morgan fingerprint density at radius 1 is 0.788 bits per heavy atom. The van der Waals surface area contributed by atoms with Gasteiger partial charge in [-0.25, -0.2) is 18.8 Å². The summed E-state index contributed by atoms with van der Waals surface area (Å²) in [6.07, 6.45) is 9.76. The average Bonchev–Trinajstić information content (AvgIpc) is 3.69. The number of nitrogens with two attached hydrogens (primary N) is 1. The van der Waals surface area contributed by atoms with Gasteiger partial charge in [0, 0.05) is 54.3 Å². The molecular weight excluding hydrogens is 733 g/mol. The molecule has 8 aliphatic rings. The van der Waals surface area contributed by atoms with Gasteiger partial charge in [0.05, 0.1) is 16.5 Å². The van der Waals surface area contributed by atoms with Crippen LogP contribution in [0.5, 0.6) is 0 Å². The molecule has 15 heteroatoms. The van der Waals surface area contributed by atoms with E-state index in [2.05, 4.69) is 35.4 Å². The van der Waals surface area contributed by atoms with Crippen LogP contribution in [0.25, 0.3) is 21.5 Å². The Hall–Kier alpha value is -3.39. The zero-order valence-corrected chi connectivity index (χ0v) is 31.1. The molecule has 10 nitrogen and oxygen atoms in total. The predicted molar refractivity (Wildman–Crippen MR) is 202 cm³/mol. The van der Waals surface area contributed by atoms with Crippen LogP contribution in [0.15, 0.2) is 58.9 Å². The summed E-state index contributed by atoms with van der Waals surface area (Å²) in [5.74, 6) is 2.47. The largest absolute Gasteiger partial charge is 0.386 e. The van der Waals surface area contributed by atoms with Crippen molar-refractivity contribution in [3.05, 3.63) is 76.2 Å². The quantitative estimate of drug-likeness (QED) is 0.207. The zero-order valence-electron chi connectivity index (χ0n) is 28.8. The second-order valence-electron chi connectivity index (χ2n) is 14.6. The first-order valence-corrected chi connectivity index (χ1v) is 18.3. The molecule has 2 atom stereocenters. The number of hydrogen-bond acceptors (Lipinski definition) is 9. The highest BCUT2D eigenvalue weighted by Gasteiger charge is 2.53. The van der Waals surface area contributed by atoms with Gasteiger partial charge in [-0.1, -0.05) is 28.4 Å². The van der Waals surface area contributed by atoms with Crippen molar-refractivity contribution >= 4 is 74.6 Å². The summed E-state index contributed by atoms with van der Waals surface area (Å²) in [5, 5.41) is 7.36. The highest BCUT2D eigenvalue weighted by molar-refractivity contribution is 6.31. The van der Waals surface area contributed by atoms with Gasteiger partial charge in [-0.05, 0) is 112 Å². The Morgan fingerprint density at radius 2 is 1.35 bits per heavy atom. The molecule has 2 spiro atoms. The number of aromatic nitrogens is 2. The number of benzene rings is 2. The minimum absolute atomic E-state index is 0. The molecule has 276 valence electrons. The highest BCUT2D eigenvalue weighted by atomic mass is 35.5. The number of hydrogen-bond donors (Lipinski definition) is 2. The molecular formula is C37H41Cl3F2N8O2. The van der Waals surface area contributed by atoms with Crippen molar-refractivity contribution in [1.82, 2.24) is 25.2 Å². The smallest absolute Gasteiger partial charge is 0.160 e. The molecule has 4 aromatic rings. The van der Waals surface area contributed by atoms with Crippen LogP contribution >= 0.6 is 35.6 Å². The second kappa shape index (κ2) is 14.8. The van der Waals surface area contributed by atoms with E-state index >= 15 is 0 Å². The van der Waals surface area contributed by atoms with Crippen molar-refractivity contribution in [1.29, 1.82) is 0 Å².